The second-order valence-electron chi connectivity index (χ2n) is 6.83. The number of aliphatic imine (C=N–C) groups is 1. The average molecular weight is 533 g/mol. The van der Waals surface area contributed by atoms with Crippen LogP contribution in [0, 0.1) is 0 Å². The summed E-state index contributed by atoms with van der Waals surface area (Å²) in [6, 6.07) is 10.5. The number of hydrogen-bond acceptors (Lipinski definition) is 7. The van der Waals surface area contributed by atoms with E-state index in [-0.39, 0.29) is 11.9 Å². The topological polar surface area (TPSA) is 77.4 Å². The minimum absolute atomic E-state index is 0.148. The van der Waals surface area contributed by atoms with Gasteiger partial charge in [-0.25, -0.2) is 9.79 Å². The summed E-state index contributed by atoms with van der Waals surface area (Å²) in [5.41, 5.74) is 1.89. The molecule has 9 heteroatoms. The number of thioether (sulfide) groups is 1. The highest BCUT2D eigenvalue weighted by Crippen LogP contribution is 2.39. The highest BCUT2D eigenvalue weighted by atomic mass is 79.9. The third kappa shape index (κ3) is 5.97. The van der Waals surface area contributed by atoms with E-state index in [1.54, 1.807) is 44.3 Å². The Morgan fingerprint density at radius 1 is 1.09 bits per heavy atom. The van der Waals surface area contributed by atoms with Gasteiger partial charge in [-0.15, -0.1) is 0 Å². The minimum atomic E-state index is -0.377. The van der Waals surface area contributed by atoms with Crippen LogP contribution in [0.15, 0.2) is 50.8 Å². The lowest BCUT2D eigenvalue weighted by molar-refractivity contribution is -0.121. The van der Waals surface area contributed by atoms with Crippen molar-refractivity contribution in [3.63, 3.8) is 0 Å². The quantitative estimate of drug-likeness (QED) is 0.322. The Balaban J connectivity index is 1.85. The zero-order valence-electron chi connectivity index (χ0n) is 18.9. The van der Waals surface area contributed by atoms with Crippen molar-refractivity contribution in [1.29, 1.82) is 0 Å². The van der Waals surface area contributed by atoms with Gasteiger partial charge in [0.25, 0.3) is 5.91 Å². The summed E-state index contributed by atoms with van der Waals surface area (Å²) >= 11 is 4.82. The van der Waals surface area contributed by atoms with E-state index >= 15 is 0 Å². The van der Waals surface area contributed by atoms with Gasteiger partial charge in [-0.3, -0.25) is 9.69 Å². The zero-order chi connectivity index (χ0) is 24.0. The molecule has 1 fully saturated rings. The lowest BCUT2D eigenvalue weighted by Gasteiger charge is -2.13. The molecule has 0 aliphatic carbocycles. The molecule has 3 rings (SSSR count). The van der Waals surface area contributed by atoms with E-state index in [1.807, 2.05) is 26.0 Å². The van der Waals surface area contributed by atoms with Gasteiger partial charge < -0.3 is 14.2 Å². The molecule has 1 heterocycles. The molecule has 0 unspecified atom stereocenters. The lowest BCUT2D eigenvalue weighted by Crippen LogP contribution is -2.23. The van der Waals surface area contributed by atoms with Crippen LogP contribution in [-0.2, 0) is 9.53 Å². The molecule has 0 aromatic heterocycles. The van der Waals surface area contributed by atoms with E-state index in [4.69, 9.17) is 14.2 Å². The standard InChI is InChI=1S/C24H25BrN2O5S/c1-5-30-19-13-15(12-18(25)21(19)31-6-2)14-20-22(28)27(4)24(33-20)26-17-10-8-16(9-11-17)23(29)32-7-3/h8-14H,5-7H2,1-4H3/b20-14-,26-24?. The first-order valence-corrected chi connectivity index (χ1v) is 12.1. The highest BCUT2D eigenvalue weighted by Gasteiger charge is 2.30. The molecule has 0 saturated carbocycles. The SMILES string of the molecule is CCOC(=O)c1ccc(N=C2S/C(=C\c3cc(Br)c(OCC)c(OCC)c3)C(=O)N2C)cc1. The second-order valence-corrected chi connectivity index (χ2v) is 8.70. The van der Waals surface area contributed by atoms with Gasteiger partial charge in [0.1, 0.15) is 0 Å². The number of benzene rings is 2. The largest absolute Gasteiger partial charge is 0.490 e. The molecule has 33 heavy (non-hydrogen) atoms. The number of esters is 1. The predicted octanol–water partition coefficient (Wildman–Crippen LogP) is 5.66. The van der Waals surface area contributed by atoms with Crippen LogP contribution in [0.25, 0.3) is 6.08 Å². The number of amidine groups is 1. The van der Waals surface area contributed by atoms with E-state index < -0.39 is 0 Å². The number of likely N-dealkylation sites (N-methyl/N-ethyl adjacent to an activating group) is 1. The Morgan fingerprint density at radius 3 is 2.42 bits per heavy atom. The summed E-state index contributed by atoms with van der Waals surface area (Å²) in [4.78, 5) is 31.2. The first-order chi connectivity index (χ1) is 15.9. The number of carbonyl (C=O) groups excluding carboxylic acids is 2. The smallest absolute Gasteiger partial charge is 0.338 e. The Bertz CT molecular complexity index is 1100. The van der Waals surface area contributed by atoms with Crippen LogP contribution >= 0.6 is 27.7 Å². The molecule has 0 radical (unpaired) electrons. The van der Waals surface area contributed by atoms with Crippen molar-refractivity contribution in [3.8, 4) is 11.5 Å². The summed E-state index contributed by atoms with van der Waals surface area (Å²) in [6.45, 7) is 6.90. The molecule has 2 aromatic carbocycles. The molecule has 0 spiro atoms. The molecule has 2 aromatic rings. The molecule has 1 saturated heterocycles. The zero-order valence-corrected chi connectivity index (χ0v) is 21.3. The van der Waals surface area contributed by atoms with Gasteiger partial charge in [0.05, 0.1) is 40.4 Å². The van der Waals surface area contributed by atoms with Gasteiger partial charge in [-0.05, 0) is 96.5 Å². The number of carbonyl (C=O) groups is 2. The molecule has 1 aliphatic rings. The van der Waals surface area contributed by atoms with Crippen molar-refractivity contribution >= 4 is 56.5 Å². The maximum absolute atomic E-state index is 12.8. The molecule has 1 aliphatic heterocycles. The summed E-state index contributed by atoms with van der Waals surface area (Å²) in [6.07, 6.45) is 1.80. The van der Waals surface area contributed by atoms with Crippen LogP contribution in [0.4, 0.5) is 5.69 Å². The fraction of sp³-hybridized carbons (Fsp3) is 0.292. The summed E-state index contributed by atoms with van der Waals surface area (Å²) in [7, 11) is 1.68. The maximum atomic E-state index is 12.8. The maximum Gasteiger partial charge on any atom is 0.338 e. The van der Waals surface area contributed by atoms with Gasteiger partial charge in [0.2, 0.25) is 0 Å². The third-order valence-electron chi connectivity index (χ3n) is 4.52. The van der Waals surface area contributed by atoms with Crippen LogP contribution in [0.3, 0.4) is 0 Å². The highest BCUT2D eigenvalue weighted by molar-refractivity contribution is 9.10. The Kier molecular flexibility index (Phi) is 8.57. The van der Waals surface area contributed by atoms with Crippen molar-refractivity contribution in [2.75, 3.05) is 26.9 Å². The molecular formula is C24H25BrN2O5S. The molecule has 174 valence electrons. The Morgan fingerprint density at radius 2 is 1.79 bits per heavy atom. The number of rotatable bonds is 8. The number of halogens is 1. The van der Waals surface area contributed by atoms with Gasteiger partial charge in [-0.2, -0.15) is 0 Å². The van der Waals surface area contributed by atoms with E-state index in [2.05, 4.69) is 20.9 Å². The average Bonchev–Trinajstić information content (AvgIpc) is 3.04. The van der Waals surface area contributed by atoms with Gasteiger partial charge in [0, 0.05) is 7.05 Å². The number of amides is 1. The third-order valence-corrected chi connectivity index (χ3v) is 6.17. The summed E-state index contributed by atoms with van der Waals surface area (Å²) < 4.78 is 17.2. The van der Waals surface area contributed by atoms with Crippen LogP contribution in [0.5, 0.6) is 11.5 Å². The molecule has 0 atom stereocenters. The van der Waals surface area contributed by atoms with Crippen LogP contribution in [0.2, 0.25) is 0 Å². The van der Waals surface area contributed by atoms with E-state index in [0.29, 0.717) is 52.6 Å². The van der Waals surface area contributed by atoms with Crippen molar-refractivity contribution in [2.24, 2.45) is 4.99 Å². The predicted molar refractivity (Wildman–Crippen MR) is 134 cm³/mol. The second kappa shape index (κ2) is 11.4. The molecule has 7 nitrogen and oxygen atoms in total. The van der Waals surface area contributed by atoms with E-state index in [0.717, 1.165) is 10.0 Å². The minimum Gasteiger partial charge on any atom is -0.490 e. The van der Waals surface area contributed by atoms with Gasteiger partial charge in [-0.1, -0.05) is 0 Å². The molecular weight excluding hydrogens is 508 g/mol. The fourth-order valence-corrected chi connectivity index (χ4v) is 4.58. The Labute approximate surface area is 205 Å². The number of ether oxygens (including phenoxy) is 3. The van der Waals surface area contributed by atoms with Gasteiger partial charge in [0.15, 0.2) is 16.7 Å². The molecule has 1 amide bonds. The summed E-state index contributed by atoms with van der Waals surface area (Å²) in [5.74, 6) is 0.722. The van der Waals surface area contributed by atoms with Crippen molar-refractivity contribution in [2.45, 2.75) is 20.8 Å². The lowest BCUT2D eigenvalue weighted by atomic mass is 10.2. The van der Waals surface area contributed by atoms with Crippen molar-refractivity contribution < 1.29 is 23.8 Å². The number of nitrogens with zero attached hydrogens (tertiary/aromatic N) is 2. The Hall–Kier alpha value is -2.78. The van der Waals surface area contributed by atoms with Crippen LogP contribution in [-0.4, -0.2) is 48.8 Å². The van der Waals surface area contributed by atoms with E-state index in [1.165, 1.54) is 16.7 Å². The molecule has 0 bridgehead atoms. The first-order valence-electron chi connectivity index (χ1n) is 10.5. The van der Waals surface area contributed by atoms with Crippen LogP contribution < -0.4 is 9.47 Å². The van der Waals surface area contributed by atoms with E-state index in [9.17, 15) is 9.59 Å². The number of hydrogen-bond donors (Lipinski definition) is 0. The monoisotopic (exact) mass is 532 g/mol. The van der Waals surface area contributed by atoms with Gasteiger partial charge >= 0.3 is 5.97 Å². The molecule has 0 N–H and O–H groups in total. The normalized spacial score (nSPS) is 15.9. The van der Waals surface area contributed by atoms with Crippen molar-refractivity contribution in [3.05, 3.63) is 56.9 Å². The first kappa shape index (κ1) is 24.9. The summed E-state index contributed by atoms with van der Waals surface area (Å²) in [5, 5.41) is 0.546. The fourth-order valence-electron chi connectivity index (χ4n) is 3.02. The van der Waals surface area contributed by atoms with Crippen LogP contribution in [0.1, 0.15) is 36.7 Å². The van der Waals surface area contributed by atoms with Crippen molar-refractivity contribution in [1.82, 2.24) is 4.90 Å².